The minimum absolute atomic E-state index is 0.0181. The van der Waals surface area contributed by atoms with Crippen molar-refractivity contribution in [3.05, 3.63) is 20.8 Å². The van der Waals surface area contributed by atoms with Gasteiger partial charge < -0.3 is 0 Å². The van der Waals surface area contributed by atoms with Gasteiger partial charge in [-0.25, -0.2) is 0 Å². The first-order valence-electron chi connectivity index (χ1n) is 4.36. The maximum absolute atomic E-state index is 11.3. The number of carbonyl (C=O) groups excluding carboxylic acids is 1. The zero-order valence-corrected chi connectivity index (χ0v) is 9.87. The molecular weight excluding hydrogens is 248 g/mol. The van der Waals surface area contributed by atoms with Crippen molar-refractivity contribution < 1.29 is 4.79 Å². The molecule has 0 saturated heterocycles. The second kappa shape index (κ2) is 3.21. The molecule has 0 amide bonds. The molecule has 70 valence electrons. The van der Waals surface area contributed by atoms with Gasteiger partial charge >= 0.3 is 0 Å². The standard InChI is InChI=1S/C10H11BrOS/c1-7(12)10(2-3-10)5-9-4-8(11)6-13-9/h4,6H,2-3,5H2,1H3. The monoisotopic (exact) mass is 258 g/mol. The largest absolute Gasteiger partial charge is 0.299 e. The number of rotatable bonds is 3. The predicted molar refractivity (Wildman–Crippen MR) is 58.1 cm³/mol. The first-order valence-corrected chi connectivity index (χ1v) is 6.04. The molecule has 0 N–H and O–H groups in total. The summed E-state index contributed by atoms with van der Waals surface area (Å²) in [5.41, 5.74) is 0.0181. The SMILES string of the molecule is CC(=O)C1(Cc2cc(Br)cs2)CC1. The highest BCUT2D eigenvalue weighted by Crippen LogP contribution is 2.49. The molecule has 0 aliphatic heterocycles. The molecule has 1 saturated carbocycles. The van der Waals surface area contributed by atoms with Crippen molar-refractivity contribution in [1.29, 1.82) is 0 Å². The topological polar surface area (TPSA) is 17.1 Å². The number of ketones is 1. The Morgan fingerprint density at radius 3 is 2.77 bits per heavy atom. The summed E-state index contributed by atoms with van der Waals surface area (Å²) in [5, 5.41) is 2.07. The molecule has 3 heteroatoms. The molecule has 0 atom stereocenters. The van der Waals surface area contributed by atoms with E-state index in [2.05, 4.69) is 27.4 Å². The lowest BCUT2D eigenvalue weighted by Gasteiger charge is -2.08. The second-order valence-corrected chi connectivity index (χ2v) is 5.66. The van der Waals surface area contributed by atoms with Gasteiger partial charge in [0, 0.05) is 20.1 Å². The summed E-state index contributed by atoms with van der Waals surface area (Å²) >= 11 is 5.16. The molecule has 1 heterocycles. The molecule has 0 bridgehead atoms. The summed E-state index contributed by atoms with van der Waals surface area (Å²) in [6.07, 6.45) is 3.11. The summed E-state index contributed by atoms with van der Waals surface area (Å²) < 4.78 is 1.13. The molecule has 1 aromatic rings. The van der Waals surface area contributed by atoms with Crippen molar-refractivity contribution in [1.82, 2.24) is 0 Å². The summed E-state index contributed by atoms with van der Waals surface area (Å²) in [7, 11) is 0. The van der Waals surface area contributed by atoms with Gasteiger partial charge in [-0.3, -0.25) is 4.79 Å². The van der Waals surface area contributed by atoms with Crippen molar-refractivity contribution >= 4 is 33.0 Å². The minimum atomic E-state index is 0.0181. The van der Waals surface area contributed by atoms with Crippen LogP contribution in [0.1, 0.15) is 24.6 Å². The third-order valence-corrected chi connectivity index (χ3v) is 4.43. The van der Waals surface area contributed by atoms with Crippen LogP contribution in [0.5, 0.6) is 0 Å². The fourth-order valence-corrected chi connectivity index (χ4v) is 3.18. The Labute approximate surface area is 90.3 Å². The first kappa shape index (κ1) is 9.41. The highest BCUT2D eigenvalue weighted by molar-refractivity contribution is 9.10. The minimum Gasteiger partial charge on any atom is -0.299 e. The highest BCUT2D eigenvalue weighted by atomic mass is 79.9. The van der Waals surface area contributed by atoms with Crippen LogP contribution >= 0.6 is 27.3 Å². The Bertz CT molecular complexity index is 338. The van der Waals surface area contributed by atoms with E-state index in [0.717, 1.165) is 23.7 Å². The molecule has 1 fully saturated rings. The van der Waals surface area contributed by atoms with E-state index in [1.165, 1.54) is 4.88 Å². The summed E-state index contributed by atoms with van der Waals surface area (Å²) in [6.45, 7) is 1.72. The van der Waals surface area contributed by atoms with Crippen LogP contribution in [-0.2, 0) is 11.2 Å². The Hall–Kier alpha value is -0.150. The van der Waals surface area contributed by atoms with E-state index >= 15 is 0 Å². The van der Waals surface area contributed by atoms with Crippen molar-refractivity contribution in [2.45, 2.75) is 26.2 Å². The normalized spacial score (nSPS) is 18.6. The average Bonchev–Trinajstić information content (AvgIpc) is 2.72. The maximum Gasteiger partial charge on any atom is 0.136 e. The Balaban J connectivity index is 2.10. The fourth-order valence-electron chi connectivity index (χ4n) is 1.58. The lowest BCUT2D eigenvalue weighted by molar-refractivity contribution is -0.121. The van der Waals surface area contributed by atoms with Crippen molar-refractivity contribution in [3.63, 3.8) is 0 Å². The van der Waals surface area contributed by atoms with Crippen molar-refractivity contribution in [2.24, 2.45) is 5.41 Å². The molecule has 0 unspecified atom stereocenters. The summed E-state index contributed by atoms with van der Waals surface area (Å²) in [4.78, 5) is 12.7. The van der Waals surface area contributed by atoms with E-state index in [0.29, 0.717) is 5.78 Å². The van der Waals surface area contributed by atoms with E-state index < -0.39 is 0 Å². The Kier molecular flexibility index (Phi) is 2.32. The third-order valence-electron chi connectivity index (χ3n) is 2.73. The van der Waals surface area contributed by atoms with Gasteiger partial charge in [0.2, 0.25) is 0 Å². The van der Waals surface area contributed by atoms with Gasteiger partial charge in [-0.05, 0) is 48.2 Å². The number of halogens is 1. The Morgan fingerprint density at radius 1 is 1.69 bits per heavy atom. The molecule has 2 rings (SSSR count). The van der Waals surface area contributed by atoms with E-state index in [-0.39, 0.29) is 5.41 Å². The maximum atomic E-state index is 11.3. The summed E-state index contributed by atoms with van der Waals surface area (Å²) in [6, 6.07) is 2.12. The van der Waals surface area contributed by atoms with Crippen LogP contribution < -0.4 is 0 Å². The van der Waals surface area contributed by atoms with E-state index in [1.807, 2.05) is 0 Å². The molecule has 1 aromatic heterocycles. The molecule has 1 aliphatic rings. The summed E-state index contributed by atoms with van der Waals surface area (Å²) in [5.74, 6) is 0.358. The fraction of sp³-hybridized carbons (Fsp3) is 0.500. The molecule has 0 radical (unpaired) electrons. The quantitative estimate of drug-likeness (QED) is 0.812. The molecule has 1 nitrogen and oxygen atoms in total. The average molecular weight is 259 g/mol. The van der Waals surface area contributed by atoms with Crippen LogP contribution in [0, 0.1) is 5.41 Å². The van der Waals surface area contributed by atoms with Crippen LogP contribution in [0.15, 0.2) is 15.9 Å². The first-order chi connectivity index (χ1) is 6.12. The predicted octanol–water partition coefficient (Wildman–Crippen LogP) is 3.42. The van der Waals surface area contributed by atoms with Gasteiger partial charge in [-0.1, -0.05) is 0 Å². The highest BCUT2D eigenvalue weighted by Gasteiger charge is 2.47. The zero-order chi connectivity index (χ0) is 9.47. The van der Waals surface area contributed by atoms with Crippen LogP contribution in [0.2, 0.25) is 0 Å². The van der Waals surface area contributed by atoms with Crippen molar-refractivity contribution in [2.75, 3.05) is 0 Å². The number of carbonyl (C=O) groups is 1. The van der Waals surface area contributed by atoms with Gasteiger partial charge in [-0.2, -0.15) is 0 Å². The lowest BCUT2D eigenvalue weighted by Crippen LogP contribution is -2.14. The molecule has 0 aromatic carbocycles. The number of hydrogen-bond acceptors (Lipinski definition) is 2. The van der Waals surface area contributed by atoms with Crippen LogP contribution in [0.25, 0.3) is 0 Å². The number of hydrogen-bond donors (Lipinski definition) is 0. The molecule has 1 aliphatic carbocycles. The van der Waals surface area contributed by atoms with Crippen LogP contribution in [0.4, 0.5) is 0 Å². The lowest BCUT2D eigenvalue weighted by atomic mass is 9.97. The second-order valence-electron chi connectivity index (χ2n) is 3.74. The number of Topliss-reactive ketones (excluding diaryl/α,β-unsaturated/α-hetero) is 1. The smallest absolute Gasteiger partial charge is 0.136 e. The van der Waals surface area contributed by atoms with E-state index in [4.69, 9.17) is 0 Å². The van der Waals surface area contributed by atoms with E-state index in [9.17, 15) is 4.79 Å². The zero-order valence-electron chi connectivity index (χ0n) is 7.47. The number of thiophene rings is 1. The third kappa shape index (κ3) is 1.86. The van der Waals surface area contributed by atoms with Gasteiger partial charge in [0.15, 0.2) is 0 Å². The van der Waals surface area contributed by atoms with Crippen molar-refractivity contribution in [3.8, 4) is 0 Å². The van der Waals surface area contributed by atoms with Gasteiger partial charge in [0.25, 0.3) is 0 Å². The van der Waals surface area contributed by atoms with Crippen LogP contribution in [-0.4, -0.2) is 5.78 Å². The molecule has 0 spiro atoms. The van der Waals surface area contributed by atoms with E-state index in [1.54, 1.807) is 18.3 Å². The van der Waals surface area contributed by atoms with Crippen LogP contribution in [0.3, 0.4) is 0 Å². The van der Waals surface area contributed by atoms with Gasteiger partial charge in [0.05, 0.1) is 0 Å². The van der Waals surface area contributed by atoms with Gasteiger partial charge in [-0.15, -0.1) is 11.3 Å². The van der Waals surface area contributed by atoms with Gasteiger partial charge in [0.1, 0.15) is 5.78 Å². The molecular formula is C10H11BrOS. The Morgan fingerprint density at radius 2 is 2.38 bits per heavy atom. The molecule has 13 heavy (non-hydrogen) atoms.